The zero-order valence-electron chi connectivity index (χ0n) is 13.0. The van der Waals surface area contributed by atoms with E-state index in [0.717, 1.165) is 18.1 Å². The zero-order chi connectivity index (χ0) is 15.4. The second-order valence-electron chi connectivity index (χ2n) is 5.47. The fourth-order valence-corrected chi connectivity index (χ4v) is 2.69. The van der Waals surface area contributed by atoms with Crippen LogP contribution >= 0.6 is 0 Å². The molecule has 3 rings (SSSR count). The quantitative estimate of drug-likeness (QED) is 0.828. The molecule has 2 aromatic carbocycles. The standard InChI is InChI=1S/C19H21NO2/c1-3-21-17-11-9-15(10-12-17)13-18-20-14(2)19(22-18)16-7-5-4-6-8-16/h4-12,14,19H,3,13H2,1-2H3/t14-,19-/m1/s1. The first kappa shape index (κ1) is 14.6. The van der Waals surface area contributed by atoms with E-state index in [0.29, 0.717) is 6.61 Å². The smallest absolute Gasteiger partial charge is 0.188 e. The van der Waals surface area contributed by atoms with Crippen molar-refractivity contribution in [3.63, 3.8) is 0 Å². The van der Waals surface area contributed by atoms with Crippen molar-refractivity contribution in [2.45, 2.75) is 32.4 Å². The highest BCUT2D eigenvalue weighted by atomic mass is 16.5. The van der Waals surface area contributed by atoms with E-state index in [4.69, 9.17) is 9.47 Å². The monoisotopic (exact) mass is 295 g/mol. The normalized spacial score (nSPS) is 20.4. The second-order valence-corrected chi connectivity index (χ2v) is 5.47. The minimum atomic E-state index is 0.0268. The number of hydrogen-bond acceptors (Lipinski definition) is 3. The predicted octanol–water partition coefficient (Wildman–Crippen LogP) is 4.19. The van der Waals surface area contributed by atoms with E-state index in [1.165, 1.54) is 11.1 Å². The number of nitrogens with zero attached hydrogens (tertiary/aromatic N) is 1. The Morgan fingerprint density at radius 2 is 1.77 bits per heavy atom. The lowest BCUT2D eigenvalue weighted by atomic mass is 10.0. The third-order valence-electron chi connectivity index (χ3n) is 3.77. The summed E-state index contributed by atoms with van der Waals surface area (Å²) >= 11 is 0. The molecule has 2 aromatic rings. The molecular weight excluding hydrogens is 274 g/mol. The van der Waals surface area contributed by atoms with Crippen LogP contribution in [0.3, 0.4) is 0 Å². The van der Waals surface area contributed by atoms with Crippen molar-refractivity contribution in [3.05, 3.63) is 65.7 Å². The predicted molar refractivity (Wildman–Crippen MR) is 88.5 cm³/mol. The van der Waals surface area contributed by atoms with Crippen LogP contribution in [0.2, 0.25) is 0 Å². The Balaban J connectivity index is 1.65. The van der Waals surface area contributed by atoms with E-state index in [-0.39, 0.29) is 12.1 Å². The summed E-state index contributed by atoms with van der Waals surface area (Å²) in [4.78, 5) is 4.66. The molecule has 0 aromatic heterocycles. The SMILES string of the molecule is CCOc1ccc(CC2=N[C@H](C)[C@H](c3ccccc3)O2)cc1. The third kappa shape index (κ3) is 3.30. The molecule has 0 N–H and O–H groups in total. The molecule has 0 aliphatic carbocycles. The Kier molecular flexibility index (Phi) is 4.42. The zero-order valence-corrected chi connectivity index (χ0v) is 13.0. The molecule has 0 saturated heterocycles. The first-order valence-electron chi connectivity index (χ1n) is 7.76. The van der Waals surface area contributed by atoms with Gasteiger partial charge in [-0.05, 0) is 37.1 Å². The maximum absolute atomic E-state index is 6.06. The molecular formula is C19H21NO2. The van der Waals surface area contributed by atoms with E-state index >= 15 is 0 Å². The van der Waals surface area contributed by atoms with Gasteiger partial charge < -0.3 is 9.47 Å². The Hall–Kier alpha value is -2.29. The average molecular weight is 295 g/mol. The van der Waals surface area contributed by atoms with Crippen LogP contribution in [0.1, 0.15) is 31.1 Å². The third-order valence-corrected chi connectivity index (χ3v) is 3.77. The van der Waals surface area contributed by atoms with Crippen LogP contribution in [0.5, 0.6) is 5.75 Å². The second kappa shape index (κ2) is 6.65. The number of aliphatic imine (C=N–C) groups is 1. The molecule has 0 bridgehead atoms. The molecule has 1 aliphatic rings. The minimum absolute atomic E-state index is 0.0268. The van der Waals surface area contributed by atoms with Crippen LogP contribution in [0.15, 0.2) is 59.6 Å². The van der Waals surface area contributed by atoms with Gasteiger partial charge in [-0.2, -0.15) is 0 Å². The molecule has 114 valence electrons. The molecule has 1 aliphatic heterocycles. The van der Waals surface area contributed by atoms with Crippen molar-refractivity contribution in [1.29, 1.82) is 0 Å². The molecule has 2 atom stereocenters. The summed E-state index contributed by atoms with van der Waals surface area (Å²) < 4.78 is 11.5. The first-order chi connectivity index (χ1) is 10.8. The highest BCUT2D eigenvalue weighted by molar-refractivity contribution is 5.80. The number of rotatable bonds is 5. The maximum atomic E-state index is 6.06. The van der Waals surface area contributed by atoms with Gasteiger partial charge in [0.2, 0.25) is 0 Å². The van der Waals surface area contributed by atoms with E-state index in [1.54, 1.807) is 0 Å². The summed E-state index contributed by atoms with van der Waals surface area (Å²) in [6.45, 7) is 4.77. The van der Waals surface area contributed by atoms with Crippen molar-refractivity contribution in [2.24, 2.45) is 4.99 Å². The molecule has 0 radical (unpaired) electrons. The van der Waals surface area contributed by atoms with Gasteiger partial charge in [-0.25, -0.2) is 4.99 Å². The Morgan fingerprint density at radius 3 is 2.45 bits per heavy atom. The Morgan fingerprint density at radius 1 is 1.05 bits per heavy atom. The lowest BCUT2D eigenvalue weighted by Crippen LogP contribution is -2.11. The highest BCUT2D eigenvalue weighted by Crippen LogP contribution is 2.29. The summed E-state index contributed by atoms with van der Waals surface area (Å²) in [5.74, 6) is 1.71. The summed E-state index contributed by atoms with van der Waals surface area (Å²) in [5, 5.41) is 0. The molecule has 3 nitrogen and oxygen atoms in total. The van der Waals surface area contributed by atoms with Crippen LogP contribution in [-0.4, -0.2) is 18.5 Å². The largest absolute Gasteiger partial charge is 0.494 e. The summed E-state index contributed by atoms with van der Waals surface area (Å²) in [7, 11) is 0. The van der Waals surface area contributed by atoms with Gasteiger partial charge in [-0.3, -0.25) is 0 Å². The van der Waals surface area contributed by atoms with Gasteiger partial charge in [0.05, 0.1) is 12.6 Å². The van der Waals surface area contributed by atoms with Crippen molar-refractivity contribution < 1.29 is 9.47 Å². The Labute approximate surface area is 131 Å². The highest BCUT2D eigenvalue weighted by Gasteiger charge is 2.28. The Bertz CT molecular complexity index is 634. The van der Waals surface area contributed by atoms with Crippen molar-refractivity contribution >= 4 is 5.90 Å². The summed E-state index contributed by atoms with van der Waals surface area (Å²) in [6.07, 6.45) is 0.749. The van der Waals surface area contributed by atoms with E-state index in [9.17, 15) is 0 Å². The van der Waals surface area contributed by atoms with Gasteiger partial charge in [0, 0.05) is 6.42 Å². The number of hydrogen-bond donors (Lipinski definition) is 0. The molecule has 1 heterocycles. The van der Waals surface area contributed by atoms with Crippen LogP contribution in [-0.2, 0) is 11.2 Å². The van der Waals surface area contributed by atoms with Crippen LogP contribution in [0, 0.1) is 0 Å². The molecule has 3 heteroatoms. The fraction of sp³-hybridized carbons (Fsp3) is 0.316. The number of benzene rings is 2. The maximum Gasteiger partial charge on any atom is 0.188 e. The van der Waals surface area contributed by atoms with E-state index in [1.807, 2.05) is 37.3 Å². The van der Waals surface area contributed by atoms with Crippen LogP contribution < -0.4 is 4.74 Å². The van der Waals surface area contributed by atoms with Gasteiger partial charge in [0.15, 0.2) is 5.90 Å². The van der Waals surface area contributed by atoms with E-state index in [2.05, 4.69) is 36.2 Å². The summed E-state index contributed by atoms with van der Waals surface area (Å²) in [5.41, 5.74) is 2.36. The van der Waals surface area contributed by atoms with Gasteiger partial charge in [0.25, 0.3) is 0 Å². The summed E-state index contributed by atoms with van der Waals surface area (Å²) in [6, 6.07) is 18.6. The fourth-order valence-electron chi connectivity index (χ4n) is 2.69. The molecule has 0 spiro atoms. The molecule has 0 unspecified atom stereocenters. The van der Waals surface area contributed by atoms with Crippen molar-refractivity contribution in [1.82, 2.24) is 0 Å². The van der Waals surface area contributed by atoms with Crippen LogP contribution in [0.25, 0.3) is 0 Å². The van der Waals surface area contributed by atoms with Crippen LogP contribution in [0.4, 0.5) is 0 Å². The topological polar surface area (TPSA) is 30.8 Å². The molecule has 0 saturated carbocycles. The van der Waals surface area contributed by atoms with Gasteiger partial charge in [0.1, 0.15) is 11.9 Å². The molecule has 0 amide bonds. The molecule has 22 heavy (non-hydrogen) atoms. The van der Waals surface area contributed by atoms with Gasteiger partial charge in [-0.15, -0.1) is 0 Å². The first-order valence-corrected chi connectivity index (χ1v) is 7.76. The lowest BCUT2D eigenvalue weighted by molar-refractivity contribution is 0.198. The van der Waals surface area contributed by atoms with Gasteiger partial charge >= 0.3 is 0 Å². The lowest BCUT2D eigenvalue weighted by Gasteiger charge is -2.15. The van der Waals surface area contributed by atoms with Crippen molar-refractivity contribution in [3.8, 4) is 5.75 Å². The van der Waals surface area contributed by atoms with E-state index < -0.39 is 0 Å². The van der Waals surface area contributed by atoms with Gasteiger partial charge in [-0.1, -0.05) is 42.5 Å². The number of ether oxygens (including phenoxy) is 2. The average Bonchev–Trinajstić information content (AvgIpc) is 2.91. The molecule has 0 fully saturated rings. The minimum Gasteiger partial charge on any atom is -0.494 e. The van der Waals surface area contributed by atoms with Crippen molar-refractivity contribution in [2.75, 3.05) is 6.61 Å².